The van der Waals surface area contributed by atoms with E-state index < -0.39 is 0 Å². The molecule has 110 valence electrons. The summed E-state index contributed by atoms with van der Waals surface area (Å²) in [5.41, 5.74) is 0.337. The van der Waals surface area contributed by atoms with E-state index in [-0.39, 0.29) is 5.63 Å². The maximum Gasteiger partial charge on any atom is 0.336 e. The van der Waals surface area contributed by atoms with Gasteiger partial charge in [-0.2, -0.15) is 0 Å². The standard InChI is InChI=1S/C9H6O2.C8H18O/c10-9-6-5-7-3-1-2-4-8(7)11-9;1-2-3-4-5-6-7-8-9/h1-6H;9H,2-8H2,1H3. The molecule has 0 saturated carbocycles. The van der Waals surface area contributed by atoms with E-state index in [1.807, 2.05) is 18.2 Å². The molecule has 0 amide bonds. The first-order chi connectivity index (χ1) is 9.77. The molecule has 0 spiro atoms. The molecule has 2 aromatic rings. The van der Waals surface area contributed by atoms with Gasteiger partial charge in [0.2, 0.25) is 0 Å². The highest BCUT2D eigenvalue weighted by Crippen LogP contribution is 2.09. The lowest BCUT2D eigenvalue weighted by molar-refractivity contribution is 0.282. The zero-order chi connectivity index (χ0) is 14.6. The molecule has 1 aromatic heterocycles. The Hall–Kier alpha value is -1.61. The third kappa shape index (κ3) is 6.53. The molecule has 0 radical (unpaired) electrons. The molecule has 0 fully saturated rings. The molecule has 0 aliphatic carbocycles. The number of aliphatic hydroxyl groups excluding tert-OH is 1. The molecule has 0 unspecified atom stereocenters. The average Bonchev–Trinajstić information content (AvgIpc) is 2.48. The van der Waals surface area contributed by atoms with Crippen molar-refractivity contribution < 1.29 is 9.52 Å². The number of unbranched alkanes of at least 4 members (excludes halogenated alkanes) is 5. The van der Waals surface area contributed by atoms with Crippen LogP contribution in [0.15, 0.2) is 45.6 Å². The van der Waals surface area contributed by atoms with Gasteiger partial charge in [-0.1, -0.05) is 57.2 Å². The molecule has 20 heavy (non-hydrogen) atoms. The van der Waals surface area contributed by atoms with Crippen molar-refractivity contribution in [2.75, 3.05) is 6.61 Å². The van der Waals surface area contributed by atoms with Crippen LogP contribution < -0.4 is 5.63 Å². The van der Waals surface area contributed by atoms with E-state index in [2.05, 4.69) is 6.92 Å². The number of benzene rings is 1. The van der Waals surface area contributed by atoms with Crippen LogP contribution in [0.5, 0.6) is 0 Å². The Bertz CT molecular complexity index is 525. The fourth-order valence-corrected chi connectivity index (χ4v) is 1.90. The lowest BCUT2D eigenvalue weighted by Crippen LogP contribution is -1.93. The molecule has 0 aliphatic rings. The highest BCUT2D eigenvalue weighted by Gasteiger charge is 1.92. The minimum atomic E-state index is -0.302. The lowest BCUT2D eigenvalue weighted by atomic mass is 10.1. The molecular formula is C17H24O3. The van der Waals surface area contributed by atoms with Gasteiger partial charge in [-0.05, 0) is 18.6 Å². The van der Waals surface area contributed by atoms with E-state index in [0.717, 1.165) is 11.8 Å². The van der Waals surface area contributed by atoms with Crippen LogP contribution in [0, 0.1) is 0 Å². The van der Waals surface area contributed by atoms with Gasteiger partial charge in [0.05, 0.1) is 0 Å². The van der Waals surface area contributed by atoms with Crippen LogP contribution in [0.25, 0.3) is 11.0 Å². The largest absolute Gasteiger partial charge is 0.423 e. The second-order valence-corrected chi connectivity index (χ2v) is 4.78. The van der Waals surface area contributed by atoms with Crippen molar-refractivity contribution in [3.63, 3.8) is 0 Å². The van der Waals surface area contributed by atoms with Gasteiger partial charge in [0, 0.05) is 18.1 Å². The first-order valence-corrected chi connectivity index (χ1v) is 7.37. The van der Waals surface area contributed by atoms with Gasteiger partial charge in [0.15, 0.2) is 0 Å². The van der Waals surface area contributed by atoms with Gasteiger partial charge in [-0.25, -0.2) is 4.79 Å². The first kappa shape index (κ1) is 16.4. The molecular weight excluding hydrogens is 252 g/mol. The van der Waals surface area contributed by atoms with Gasteiger partial charge in [-0.15, -0.1) is 0 Å². The van der Waals surface area contributed by atoms with Crippen LogP contribution in [0.2, 0.25) is 0 Å². The maximum atomic E-state index is 10.7. The highest BCUT2D eigenvalue weighted by molar-refractivity contribution is 5.75. The fraction of sp³-hybridized carbons (Fsp3) is 0.471. The number of fused-ring (bicyclic) bond motifs is 1. The SMILES string of the molecule is CCCCCCCCO.O=c1ccc2ccccc2o1. The average molecular weight is 276 g/mol. The van der Waals surface area contributed by atoms with Crippen LogP contribution in [-0.2, 0) is 0 Å². The van der Waals surface area contributed by atoms with Crippen LogP contribution >= 0.6 is 0 Å². The van der Waals surface area contributed by atoms with E-state index in [4.69, 9.17) is 9.52 Å². The second kappa shape index (κ2) is 10.2. The predicted octanol–water partition coefficient (Wildman–Crippen LogP) is 4.13. The van der Waals surface area contributed by atoms with Crippen LogP contribution in [-0.4, -0.2) is 11.7 Å². The van der Waals surface area contributed by atoms with E-state index in [0.29, 0.717) is 12.2 Å². The van der Waals surface area contributed by atoms with Gasteiger partial charge in [-0.3, -0.25) is 0 Å². The zero-order valence-corrected chi connectivity index (χ0v) is 12.2. The number of aliphatic hydroxyl groups is 1. The Labute approximate surface area is 120 Å². The normalized spacial score (nSPS) is 10.1. The first-order valence-electron chi connectivity index (χ1n) is 7.37. The molecule has 1 heterocycles. The summed E-state index contributed by atoms with van der Waals surface area (Å²) in [5.74, 6) is 0. The summed E-state index contributed by atoms with van der Waals surface area (Å²) in [4.78, 5) is 10.7. The summed E-state index contributed by atoms with van der Waals surface area (Å²) in [6, 6.07) is 10.6. The van der Waals surface area contributed by atoms with E-state index in [1.54, 1.807) is 12.1 Å². The predicted molar refractivity (Wildman–Crippen MR) is 82.9 cm³/mol. The van der Waals surface area contributed by atoms with Crippen LogP contribution in [0.3, 0.4) is 0 Å². The molecule has 0 saturated heterocycles. The van der Waals surface area contributed by atoms with Crippen molar-refractivity contribution in [3.05, 3.63) is 46.8 Å². The Balaban J connectivity index is 0.000000206. The second-order valence-electron chi connectivity index (χ2n) is 4.78. The fourth-order valence-electron chi connectivity index (χ4n) is 1.90. The Kier molecular flexibility index (Phi) is 8.40. The summed E-state index contributed by atoms with van der Waals surface area (Å²) in [6.45, 7) is 2.58. The minimum absolute atomic E-state index is 0.302. The molecule has 1 aromatic carbocycles. The van der Waals surface area contributed by atoms with Gasteiger partial charge >= 0.3 is 5.63 Å². The Morgan fingerprint density at radius 3 is 2.40 bits per heavy atom. The monoisotopic (exact) mass is 276 g/mol. The maximum absolute atomic E-state index is 10.7. The van der Waals surface area contributed by atoms with E-state index in [9.17, 15) is 4.79 Å². The molecule has 3 heteroatoms. The van der Waals surface area contributed by atoms with E-state index in [1.165, 1.54) is 38.2 Å². The van der Waals surface area contributed by atoms with Crippen LogP contribution in [0.4, 0.5) is 0 Å². The van der Waals surface area contributed by atoms with E-state index >= 15 is 0 Å². The summed E-state index contributed by atoms with van der Waals surface area (Å²) in [7, 11) is 0. The zero-order valence-electron chi connectivity index (χ0n) is 12.2. The third-order valence-corrected chi connectivity index (χ3v) is 3.04. The van der Waals surface area contributed by atoms with Crippen molar-refractivity contribution in [1.82, 2.24) is 0 Å². The number of para-hydroxylation sites is 1. The molecule has 1 N–H and O–H groups in total. The topological polar surface area (TPSA) is 50.4 Å². The van der Waals surface area contributed by atoms with Crippen molar-refractivity contribution in [3.8, 4) is 0 Å². The molecule has 0 atom stereocenters. The van der Waals surface area contributed by atoms with Gasteiger partial charge in [0.1, 0.15) is 5.58 Å². The van der Waals surface area contributed by atoms with Gasteiger partial charge < -0.3 is 9.52 Å². The summed E-state index contributed by atoms with van der Waals surface area (Å²) in [5, 5.41) is 9.37. The molecule has 0 aliphatic heterocycles. The number of hydrogen-bond donors (Lipinski definition) is 1. The number of rotatable bonds is 6. The third-order valence-electron chi connectivity index (χ3n) is 3.04. The van der Waals surface area contributed by atoms with Gasteiger partial charge in [0.25, 0.3) is 0 Å². The van der Waals surface area contributed by atoms with Crippen molar-refractivity contribution in [2.24, 2.45) is 0 Å². The Morgan fingerprint density at radius 1 is 0.950 bits per heavy atom. The molecule has 2 rings (SSSR count). The lowest BCUT2D eigenvalue weighted by Gasteiger charge is -1.95. The van der Waals surface area contributed by atoms with Crippen molar-refractivity contribution in [2.45, 2.75) is 45.4 Å². The van der Waals surface area contributed by atoms with Crippen molar-refractivity contribution >= 4 is 11.0 Å². The minimum Gasteiger partial charge on any atom is -0.423 e. The summed E-state index contributed by atoms with van der Waals surface area (Å²) < 4.78 is 4.91. The van der Waals surface area contributed by atoms with Crippen LogP contribution in [0.1, 0.15) is 45.4 Å². The molecule has 3 nitrogen and oxygen atoms in total. The Morgan fingerprint density at radius 2 is 1.65 bits per heavy atom. The molecule has 0 bridgehead atoms. The summed E-state index contributed by atoms with van der Waals surface area (Å²) >= 11 is 0. The smallest absolute Gasteiger partial charge is 0.336 e. The summed E-state index contributed by atoms with van der Waals surface area (Å²) in [6.07, 6.45) is 7.50. The number of hydrogen-bond acceptors (Lipinski definition) is 3. The highest BCUT2D eigenvalue weighted by atomic mass is 16.4. The van der Waals surface area contributed by atoms with Crippen molar-refractivity contribution in [1.29, 1.82) is 0 Å². The quantitative estimate of drug-likeness (QED) is 0.637.